The van der Waals surface area contributed by atoms with Crippen LogP contribution in [0.2, 0.25) is 5.02 Å². The number of nitrogens with zero attached hydrogens (tertiary/aromatic N) is 1. The molecule has 3 saturated heterocycles. The Bertz CT molecular complexity index is 1220. The topological polar surface area (TPSA) is 108 Å². The number of halogens is 1. The van der Waals surface area contributed by atoms with Crippen molar-refractivity contribution in [2.75, 3.05) is 23.8 Å². The molecule has 2 unspecified atom stereocenters. The molecular weight excluding hydrogens is 506 g/mol. The van der Waals surface area contributed by atoms with Gasteiger partial charge in [-0.15, -0.1) is 0 Å². The van der Waals surface area contributed by atoms with Crippen LogP contribution in [0.5, 0.6) is 0 Å². The largest absolute Gasteiger partial charge is 0.396 e. The molecule has 1 spiro atoms. The molecule has 3 aliphatic heterocycles. The van der Waals surface area contributed by atoms with Crippen molar-refractivity contribution in [1.82, 2.24) is 4.90 Å². The Morgan fingerprint density at radius 1 is 1.05 bits per heavy atom. The molecule has 3 amide bonds. The highest BCUT2D eigenvalue weighted by Crippen LogP contribution is 2.63. The van der Waals surface area contributed by atoms with Crippen molar-refractivity contribution in [3.63, 3.8) is 0 Å². The third-order valence-electron chi connectivity index (χ3n) is 8.38. The minimum Gasteiger partial charge on any atom is -0.396 e. The lowest BCUT2D eigenvalue weighted by molar-refractivity contribution is -0.143. The van der Waals surface area contributed by atoms with E-state index in [1.54, 1.807) is 23.1 Å². The second-order valence-electron chi connectivity index (χ2n) is 10.8. The quantitative estimate of drug-likeness (QED) is 0.415. The first-order chi connectivity index (χ1) is 18.2. The van der Waals surface area contributed by atoms with Crippen molar-refractivity contribution in [2.24, 2.45) is 11.8 Å². The van der Waals surface area contributed by atoms with Gasteiger partial charge in [0.15, 0.2) is 0 Å². The molecule has 0 aliphatic carbocycles. The van der Waals surface area contributed by atoms with E-state index in [1.807, 2.05) is 44.2 Å². The highest BCUT2D eigenvalue weighted by atomic mass is 35.5. The summed E-state index contributed by atoms with van der Waals surface area (Å²) in [7, 11) is 0. The molecule has 2 bridgehead atoms. The van der Waals surface area contributed by atoms with E-state index >= 15 is 0 Å². The van der Waals surface area contributed by atoms with Crippen molar-refractivity contribution in [3.8, 4) is 0 Å². The summed E-state index contributed by atoms with van der Waals surface area (Å²) >= 11 is 6.41. The van der Waals surface area contributed by atoms with Gasteiger partial charge in [0.05, 0.1) is 28.1 Å². The van der Waals surface area contributed by atoms with Gasteiger partial charge in [-0.3, -0.25) is 14.4 Å². The summed E-state index contributed by atoms with van der Waals surface area (Å²) in [5.74, 6) is -2.38. The minimum absolute atomic E-state index is 0.0689. The van der Waals surface area contributed by atoms with Crippen LogP contribution in [0.1, 0.15) is 44.6 Å². The molecular formula is C29H34ClN3O5. The highest BCUT2D eigenvalue weighted by molar-refractivity contribution is 6.34. The number of aryl methyl sites for hydroxylation is 1. The van der Waals surface area contributed by atoms with Crippen LogP contribution in [-0.2, 0) is 19.1 Å². The lowest BCUT2D eigenvalue weighted by atomic mass is 9.66. The maximum absolute atomic E-state index is 14.1. The summed E-state index contributed by atoms with van der Waals surface area (Å²) in [6.07, 6.45) is 3.02. The van der Waals surface area contributed by atoms with Gasteiger partial charge < -0.3 is 25.4 Å². The Morgan fingerprint density at radius 2 is 1.82 bits per heavy atom. The normalized spacial score (nSPS) is 29.4. The Morgan fingerprint density at radius 3 is 2.53 bits per heavy atom. The van der Waals surface area contributed by atoms with Crippen molar-refractivity contribution >= 4 is 40.7 Å². The highest BCUT2D eigenvalue weighted by Gasteiger charge is 2.77. The van der Waals surface area contributed by atoms with Gasteiger partial charge in [-0.05, 0) is 69.7 Å². The van der Waals surface area contributed by atoms with E-state index in [9.17, 15) is 19.5 Å². The third-order valence-corrected chi connectivity index (χ3v) is 8.69. The number of hydrogen-bond donors (Lipinski definition) is 3. The molecule has 3 aliphatic rings. The fourth-order valence-corrected chi connectivity index (χ4v) is 6.93. The molecule has 202 valence electrons. The van der Waals surface area contributed by atoms with Crippen LogP contribution < -0.4 is 10.6 Å². The first-order valence-electron chi connectivity index (χ1n) is 13.3. The summed E-state index contributed by atoms with van der Waals surface area (Å²) in [5.41, 5.74) is -0.0131. The molecule has 3 N–H and O–H groups in total. The van der Waals surface area contributed by atoms with Gasteiger partial charge in [0.25, 0.3) is 0 Å². The molecule has 3 fully saturated rings. The summed E-state index contributed by atoms with van der Waals surface area (Å²) < 4.78 is 6.65. The molecule has 38 heavy (non-hydrogen) atoms. The Balaban J connectivity index is 1.49. The zero-order chi connectivity index (χ0) is 27.1. The number of unbranched alkanes of at least 4 members (excludes halogenated alkanes) is 2. The van der Waals surface area contributed by atoms with E-state index in [0.717, 1.165) is 5.56 Å². The van der Waals surface area contributed by atoms with Gasteiger partial charge in [-0.2, -0.15) is 0 Å². The van der Waals surface area contributed by atoms with E-state index in [0.29, 0.717) is 55.0 Å². The standard InChI is InChI=1S/C29H34ClN3O5/c1-18-10-9-13-20(30)23(18)32-26(36)24-29-15-14-28(2,38-29)21(25(35)31-19-11-5-3-6-12-19)22(29)27(37)33(24)16-7-4-8-17-34/h3,5-6,9-13,21-22,24,34H,4,7-8,14-17H2,1-2H3,(H,31,35)(H,32,36)/t21-,22+,24?,28+,29?/m1/s1. The van der Waals surface area contributed by atoms with Gasteiger partial charge in [-0.25, -0.2) is 0 Å². The maximum atomic E-state index is 14.1. The summed E-state index contributed by atoms with van der Waals surface area (Å²) in [5, 5.41) is 15.6. The molecule has 0 radical (unpaired) electrons. The van der Waals surface area contributed by atoms with Gasteiger partial charge in [0, 0.05) is 18.8 Å². The zero-order valence-corrected chi connectivity index (χ0v) is 22.5. The van der Waals surface area contributed by atoms with Crippen molar-refractivity contribution in [2.45, 2.75) is 63.2 Å². The molecule has 8 nitrogen and oxygen atoms in total. The van der Waals surface area contributed by atoms with Crippen LogP contribution in [-0.4, -0.2) is 58.1 Å². The predicted octanol–water partition coefficient (Wildman–Crippen LogP) is 4.15. The summed E-state index contributed by atoms with van der Waals surface area (Å²) in [6, 6.07) is 13.6. The van der Waals surface area contributed by atoms with E-state index in [-0.39, 0.29) is 24.3 Å². The van der Waals surface area contributed by atoms with Crippen LogP contribution >= 0.6 is 11.6 Å². The van der Waals surface area contributed by atoms with Gasteiger partial charge in [0.1, 0.15) is 11.6 Å². The Labute approximate surface area is 227 Å². The molecule has 2 aromatic carbocycles. The average molecular weight is 540 g/mol. The fourth-order valence-electron chi connectivity index (χ4n) is 6.66. The number of hydrogen-bond acceptors (Lipinski definition) is 5. The minimum atomic E-state index is -1.11. The second-order valence-corrected chi connectivity index (χ2v) is 11.2. The second kappa shape index (κ2) is 10.3. The molecule has 0 saturated carbocycles. The van der Waals surface area contributed by atoms with Crippen molar-refractivity contribution in [3.05, 3.63) is 59.1 Å². The first kappa shape index (κ1) is 26.7. The number of para-hydroxylation sites is 2. The van der Waals surface area contributed by atoms with Crippen LogP contribution in [0.25, 0.3) is 0 Å². The molecule has 0 aromatic heterocycles. The number of anilines is 2. The number of carbonyl (C=O) groups excluding carboxylic acids is 3. The average Bonchev–Trinajstić information content (AvgIpc) is 3.45. The molecule has 2 aromatic rings. The number of amides is 3. The number of ether oxygens (including phenoxy) is 1. The van der Waals surface area contributed by atoms with Crippen LogP contribution in [0.4, 0.5) is 11.4 Å². The van der Waals surface area contributed by atoms with Crippen molar-refractivity contribution in [1.29, 1.82) is 0 Å². The number of carbonyl (C=O) groups is 3. The van der Waals surface area contributed by atoms with Gasteiger partial charge in [0.2, 0.25) is 17.7 Å². The van der Waals surface area contributed by atoms with E-state index < -0.39 is 29.1 Å². The SMILES string of the molecule is Cc1cccc(Cl)c1NC(=O)C1N(CCCCCO)C(=O)[C@@H]2[C@H](C(=O)Nc3ccccc3)[C@]3(C)CCC12O3. The molecule has 5 atom stereocenters. The maximum Gasteiger partial charge on any atom is 0.250 e. The zero-order valence-electron chi connectivity index (χ0n) is 21.7. The molecule has 5 rings (SSSR count). The monoisotopic (exact) mass is 539 g/mol. The van der Waals surface area contributed by atoms with Crippen LogP contribution in [0.15, 0.2) is 48.5 Å². The number of aliphatic hydroxyl groups is 1. The number of likely N-dealkylation sites (tertiary alicyclic amines) is 1. The Hall–Kier alpha value is -2.94. The van der Waals surface area contributed by atoms with E-state index in [4.69, 9.17) is 16.3 Å². The lowest BCUT2D eigenvalue weighted by Gasteiger charge is -2.33. The number of benzene rings is 2. The van der Waals surface area contributed by atoms with Gasteiger partial charge in [-0.1, -0.05) is 41.9 Å². The lowest BCUT2D eigenvalue weighted by Crippen LogP contribution is -2.53. The van der Waals surface area contributed by atoms with Crippen LogP contribution in [0.3, 0.4) is 0 Å². The van der Waals surface area contributed by atoms with E-state index in [1.165, 1.54) is 0 Å². The molecule has 3 heterocycles. The molecule has 9 heteroatoms. The third kappa shape index (κ3) is 4.38. The summed E-state index contributed by atoms with van der Waals surface area (Å²) in [4.78, 5) is 43.3. The van der Waals surface area contributed by atoms with Gasteiger partial charge >= 0.3 is 0 Å². The van der Waals surface area contributed by atoms with Crippen LogP contribution in [0, 0.1) is 18.8 Å². The van der Waals surface area contributed by atoms with Crippen molar-refractivity contribution < 1.29 is 24.2 Å². The number of nitrogens with one attached hydrogen (secondary N) is 2. The van der Waals surface area contributed by atoms with E-state index in [2.05, 4.69) is 10.6 Å². The number of rotatable bonds is 9. The smallest absolute Gasteiger partial charge is 0.250 e. The first-order valence-corrected chi connectivity index (χ1v) is 13.6. The fraction of sp³-hybridized carbons (Fsp3) is 0.483. The number of aliphatic hydroxyl groups excluding tert-OH is 1. The predicted molar refractivity (Wildman–Crippen MR) is 145 cm³/mol. The Kier molecular flexibility index (Phi) is 7.24. The summed E-state index contributed by atoms with van der Waals surface area (Å²) in [6.45, 7) is 4.14. The number of fused-ring (bicyclic) bond motifs is 1.